The number of nitrogens with one attached hydrogen (secondary N) is 2. The van der Waals surface area contributed by atoms with Crippen molar-refractivity contribution in [1.29, 1.82) is 0 Å². The Morgan fingerprint density at radius 1 is 0.931 bits per heavy atom. The van der Waals surface area contributed by atoms with Gasteiger partial charge in [0.2, 0.25) is 11.8 Å². The predicted molar refractivity (Wildman–Crippen MR) is 115 cm³/mol. The first-order chi connectivity index (χ1) is 14.0. The number of ether oxygens (including phenoxy) is 1. The minimum Gasteiger partial charge on any atom is -0.496 e. The molecule has 1 fully saturated rings. The van der Waals surface area contributed by atoms with Gasteiger partial charge in [-0.3, -0.25) is 9.59 Å². The number of aryl methyl sites for hydroxylation is 2. The molecule has 1 aliphatic carbocycles. The van der Waals surface area contributed by atoms with Crippen molar-refractivity contribution < 1.29 is 14.3 Å². The summed E-state index contributed by atoms with van der Waals surface area (Å²) in [5.41, 5.74) is 4.08. The molecule has 1 aliphatic rings. The Morgan fingerprint density at radius 2 is 1.52 bits per heavy atom. The van der Waals surface area contributed by atoms with E-state index in [1.165, 1.54) is 0 Å². The maximum absolute atomic E-state index is 12.6. The highest BCUT2D eigenvalue weighted by Crippen LogP contribution is 2.30. The predicted octanol–water partition coefficient (Wildman–Crippen LogP) is 4.37. The number of benzene rings is 2. The highest BCUT2D eigenvalue weighted by atomic mass is 16.5. The van der Waals surface area contributed by atoms with E-state index in [1.807, 2.05) is 50.2 Å². The monoisotopic (exact) mass is 394 g/mol. The summed E-state index contributed by atoms with van der Waals surface area (Å²) in [6, 6.07) is 13.8. The van der Waals surface area contributed by atoms with Crippen molar-refractivity contribution in [2.24, 2.45) is 11.8 Å². The maximum atomic E-state index is 12.6. The van der Waals surface area contributed by atoms with Gasteiger partial charge in [0.15, 0.2) is 0 Å². The molecule has 0 saturated heterocycles. The second kappa shape index (κ2) is 9.59. The van der Waals surface area contributed by atoms with Crippen LogP contribution < -0.4 is 15.4 Å². The Hall–Kier alpha value is -2.82. The molecule has 0 bridgehead atoms. The van der Waals surface area contributed by atoms with Crippen LogP contribution in [0, 0.1) is 25.7 Å². The van der Waals surface area contributed by atoms with Crippen molar-refractivity contribution in [3.8, 4) is 5.75 Å². The van der Waals surface area contributed by atoms with Crippen LogP contribution in [0.4, 0.5) is 5.69 Å². The van der Waals surface area contributed by atoms with Gasteiger partial charge in [0, 0.05) is 29.6 Å². The summed E-state index contributed by atoms with van der Waals surface area (Å²) >= 11 is 0. The van der Waals surface area contributed by atoms with E-state index in [0.29, 0.717) is 6.54 Å². The minimum absolute atomic E-state index is 0.0324. The highest BCUT2D eigenvalue weighted by Gasteiger charge is 2.30. The molecular weight excluding hydrogens is 364 g/mol. The molecular formula is C24H30N2O3. The molecule has 0 radical (unpaired) electrons. The molecule has 2 amide bonds. The van der Waals surface area contributed by atoms with Crippen molar-refractivity contribution in [3.63, 3.8) is 0 Å². The number of hydrogen-bond donors (Lipinski definition) is 2. The molecule has 0 spiro atoms. The Labute approximate surface area is 172 Å². The van der Waals surface area contributed by atoms with Crippen molar-refractivity contribution in [1.82, 2.24) is 5.32 Å². The third-order valence-electron chi connectivity index (χ3n) is 5.60. The molecule has 154 valence electrons. The Balaban J connectivity index is 1.48. The number of rotatable bonds is 6. The third kappa shape index (κ3) is 5.59. The highest BCUT2D eigenvalue weighted by molar-refractivity contribution is 5.93. The lowest BCUT2D eigenvalue weighted by atomic mass is 9.81. The SMILES string of the molecule is COc1ccccc1CNC(=O)C1CCC(C(=O)Nc2cc(C)cc(C)c2)CC1. The van der Waals surface area contributed by atoms with Crippen LogP contribution in [-0.2, 0) is 16.1 Å². The number of hydrogen-bond acceptors (Lipinski definition) is 3. The lowest BCUT2D eigenvalue weighted by Gasteiger charge is -2.27. The van der Waals surface area contributed by atoms with Crippen LogP contribution in [0.25, 0.3) is 0 Å². The van der Waals surface area contributed by atoms with E-state index < -0.39 is 0 Å². The fourth-order valence-electron chi connectivity index (χ4n) is 4.08. The summed E-state index contributed by atoms with van der Waals surface area (Å²) in [6.07, 6.45) is 2.96. The number of amides is 2. The van der Waals surface area contributed by atoms with Crippen molar-refractivity contribution >= 4 is 17.5 Å². The second-order valence-corrected chi connectivity index (χ2v) is 7.94. The molecule has 0 unspecified atom stereocenters. The van der Waals surface area contributed by atoms with Gasteiger partial charge in [0.25, 0.3) is 0 Å². The maximum Gasteiger partial charge on any atom is 0.227 e. The van der Waals surface area contributed by atoms with E-state index in [0.717, 1.165) is 53.8 Å². The van der Waals surface area contributed by atoms with Gasteiger partial charge < -0.3 is 15.4 Å². The molecule has 1 saturated carbocycles. The topological polar surface area (TPSA) is 67.4 Å². The van der Waals surface area contributed by atoms with Crippen molar-refractivity contribution in [2.75, 3.05) is 12.4 Å². The largest absolute Gasteiger partial charge is 0.496 e. The normalized spacial score (nSPS) is 18.7. The summed E-state index contributed by atoms with van der Waals surface area (Å²) in [5, 5.41) is 6.06. The first kappa shape index (κ1) is 20.9. The van der Waals surface area contributed by atoms with E-state index in [1.54, 1.807) is 7.11 Å². The molecule has 5 nitrogen and oxygen atoms in total. The Bertz CT molecular complexity index is 850. The number of carbonyl (C=O) groups excluding carboxylic acids is 2. The molecule has 0 aromatic heterocycles. The van der Waals surface area contributed by atoms with Crippen LogP contribution in [0.1, 0.15) is 42.4 Å². The average Bonchev–Trinajstić information content (AvgIpc) is 2.71. The quantitative estimate of drug-likeness (QED) is 0.764. The molecule has 0 atom stereocenters. The average molecular weight is 395 g/mol. The first-order valence-corrected chi connectivity index (χ1v) is 10.2. The Morgan fingerprint density at radius 3 is 2.14 bits per heavy atom. The molecule has 2 aromatic rings. The summed E-state index contributed by atoms with van der Waals surface area (Å²) < 4.78 is 5.33. The van der Waals surface area contributed by atoms with Crippen molar-refractivity contribution in [2.45, 2.75) is 46.1 Å². The van der Waals surface area contributed by atoms with Gasteiger partial charge in [-0.25, -0.2) is 0 Å². The zero-order valence-corrected chi connectivity index (χ0v) is 17.5. The zero-order chi connectivity index (χ0) is 20.8. The van der Waals surface area contributed by atoms with Crippen LogP contribution >= 0.6 is 0 Å². The standard InChI is InChI=1S/C24H30N2O3/c1-16-12-17(2)14-21(13-16)26-24(28)19-10-8-18(9-11-19)23(27)25-15-20-6-4-5-7-22(20)29-3/h4-7,12-14,18-19H,8-11,15H2,1-3H3,(H,25,27)(H,26,28). The fraction of sp³-hybridized carbons (Fsp3) is 0.417. The van der Waals surface area contributed by atoms with E-state index in [4.69, 9.17) is 4.74 Å². The third-order valence-corrected chi connectivity index (χ3v) is 5.60. The van der Waals surface area contributed by atoms with Gasteiger partial charge in [-0.15, -0.1) is 0 Å². The molecule has 0 aliphatic heterocycles. The molecule has 3 rings (SSSR count). The number of methoxy groups -OCH3 is 1. The summed E-state index contributed by atoms with van der Waals surface area (Å²) in [4.78, 5) is 25.2. The summed E-state index contributed by atoms with van der Waals surface area (Å²) in [5.74, 6) is 0.829. The van der Waals surface area contributed by atoms with Crippen LogP contribution in [0.2, 0.25) is 0 Å². The smallest absolute Gasteiger partial charge is 0.227 e. The van der Waals surface area contributed by atoms with E-state index in [2.05, 4.69) is 16.7 Å². The number of para-hydroxylation sites is 1. The fourth-order valence-corrected chi connectivity index (χ4v) is 4.08. The van der Waals surface area contributed by atoms with E-state index >= 15 is 0 Å². The molecule has 5 heteroatoms. The van der Waals surface area contributed by atoms with Gasteiger partial charge >= 0.3 is 0 Å². The Kier molecular flexibility index (Phi) is 6.91. The van der Waals surface area contributed by atoms with Crippen LogP contribution in [-0.4, -0.2) is 18.9 Å². The van der Waals surface area contributed by atoms with E-state index in [-0.39, 0.29) is 23.7 Å². The lowest BCUT2D eigenvalue weighted by Crippen LogP contribution is -2.35. The van der Waals surface area contributed by atoms with Crippen LogP contribution in [0.15, 0.2) is 42.5 Å². The van der Waals surface area contributed by atoms with Gasteiger partial charge in [0.05, 0.1) is 7.11 Å². The van der Waals surface area contributed by atoms with Gasteiger partial charge in [-0.2, -0.15) is 0 Å². The van der Waals surface area contributed by atoms with Gasteiger partial charge in [-0.05, 0) is 68.9 Å². The summed E-state index contributed by atoms with van der Waals surface area (Å²) in [6.45, 7) is 4.50. The van der Waals surface area contributed by atoms with E-state index in [9.17, 15) is 9.59 Å². The lowest BCUT2D eigenvalue weighted by molar-refractivity contribution is -0.128. The molecule has 2 aromatic carbocycles. The van der Waals surface area contributed by atoms with Crippen LogP contribution in [0.5, 0.6) is 5.75 Å². The molecule has 29 heavy (non-hydrogen) atoms. The second-order valence-electron chi connectivity index (χ2n) is 7.94. The van der Waals surface area contributed by atoms with Crippen LogP contribution in [0.3, 0.4) is 0 Å². The molecule has 2 N–H and O–H groups in total. The first-order valence-electron chi connectivity index (χ1n) is 10.2. The number of anilines is 1. The molecule has 0 heterocycles. The minimum atomic E-state index is -0.0333. The van der Waals surface area contributed by atoms with Gasteiger partial charge in [-0.1, -0.05) is 24.3 Å². The zero-order valence-electron chi connectivity index (χ0n) is 17.5. The summed E-state index contributed by atoms with van der Waals surface area (Å²) in [7, 11) is 1.63. The van der Waals surface area contributed by atoms with Crippen molar-refractivity contribution in [3.05, 3.63) is 59.2 Å². The van der Waals surface area contributed by atoms with Gasteiger partial charge in [0.1, 0.15) is 5.75 Å². The number of carbonyl (C=O) groups is 2.